The fourth-order valence-electron chi connectivity index (χ4n) is 2.12. The van der Waals surface area contributed by atoms with Gasteiger partial charge in [0.15, 0.2) is 0 Å². The van der Waals surface area contributed by atoms with Crippen LogP contribution >= 0.6 is 0 Å². The van der Waals surface area contributed by atoms with Crippen molar-refractivity contribution < 1.29 is 9.84 Å². The first kappa shape index (κ1) is 13.4. The van der Waals surface area contributed by atoms with E-state index in [0.717, 1.165) is 31.7 Å². The van der Waals surface area contributed by atoms with Crippen LogP contribution in [0.4, 0.5) is 0 Å². The number of fused-ring (bicyclic) bond motifs is 1. The zero-order valence-electron chi connectivity index (χ0n) is 11.6. The molecule has 0 atom stereocenters. The lowest BCUT2D eigenvalue weighted by atomic mass is 10.0. The maximum atomic E-state index is 9.33. The van der Waals surface area contributed by atoms with E-state index >= 15 is 0 Å². The van der Waals surface area contributed by atoms with Crippen LogP contribution in [0.25, 0.3) is 0 Å². The van der Waals surface area contributed by atoms with E-state index in [2.05, 4.69) is 44.0 Å². The van der Waals surface area contributed by atoms with Crippen molar-refractivity contribution in [1.29, 1.82) is 0 Å². The lowest BCUT2D eigenvalue weighted by Crippen LogP contribution is -2.45. The van der Waals surface area contributed by atoms with Crippen LogP contribution in [0.2, 0.25) is 0 Å². The highest BCUT2D eigenvalue weighted by atomic mass is 16.5. The smallest absolute Gasteiger partial charge is 0.122 e. The minimum absolute atomic E-state index is 0.153. The Morgan fingerprint density at radius 2 is 2.17 bits per heavy atom. The Hall–Kier alpha value is -1.06. The highest BCUT2D eigenvalue weighted by Gasteiger charge is 2.22. The zero-order chi connectivity index (χ0) is 13.2. The van der Waals surface area contributed by atoms with Gasteiger partial charge in [-0.3, -0.25) is 4.90 Å². The molecule has 3 nitrogen and oxygen atoms in total. The van der Waals surface area contributed by atoms with E-state index < -0.39 is 0 Å². The summed E-state index contributed by atoms with van der Waals surface area (Å²) >= 11 is 0. The first-order valence-corrected chi connectivity index (χ1v) is 6.59. The third-order valence-electron chi connectivity index (χ3n) is 3.91. The first-order valence-electron chi connectivity index (χ1n) is 6.59. The minimum atomic E-state index is -0.153. The molecule has 0 bridgehead atoms. The van der Waals surface area contributed by atoms with E-state index in [-0.39, 0.29) is 12.1 Å². The molecule has 1 N–H and O–H groups in total. The molecule has 0 spiro atoms. The molecule has 1 aromatic carbocycles. The van der Waals surface area contributed by atoms with Crippen LogP contribution in [-0.2, 0) is 12.8 Å². The molecule has 100 valence electrons. The lowest BCUT2D eigenvalue weighted by molar-refractivity contribution is 0.0801. The fraction of sp³-hybridized carbons (Fsp3) is 0.600. The quantitative estimate of drug-likeness (QED) is 0.864. The van der Waals surface area contributed by atoms with Crippen LogP contribution in [0.3, 0.4) is 0 Å². The fourth-order valence-corrected chi connectivity index (χ4v) is 2.12. The first-order chi connectivity index (χ1) is 8.53. The molecular weight excluding hydrogens is 226 g/mol. The zero-order valence-corrected chi connectivity index (χ0v) is 11.6. The number of ether oxygens (including phenoxy) is 1. The van der Waals surface area contributed by atoms with Crippen molar-refractivity contribution in [2.45, 2.75) is 32.2 Å². The second-order valence-electron chi connectivity index (χ2n) is 5.68. The second kappa shape index (κ2) is 5.29. The van der Waals surface area contributed by atoms with E-state index in [1.807, 2.05) is 0 Å². The average Bonchev–Trinajstić information content (AvgIpc) is 2.83. The van der Waals surface area contributed by atoms with Gasteiger partial charge in [-0.15, -0.1) is 0 Å². The number of hydrogen-bond acceptors (Lipinski definition) is 3. The van der Waals surface area contributed by atoms with Crippen molar-refractivity contribution in [3.63, 3.8) is 0 Å². The monoisotopic (exact) mass is 249 g/mol. The van der Waals surface area contributed by atoms with Gasteiger partial charge in [-0.05, 0) is 44.5 Å². The van der Waals surface area contributed by atoms with Crippen molar-refractivity contribution >= 4 is 0 Å². The molecule has 0 aromatic heterocycles. The van der Waals surface area contributed by atoms with Crippen LogP contribution in [0.1, 0.15) is 25.0 Å². The summed E-state index contributed by atoms with van der Waals surface area (Å²) in [5.74, 6) is 1.04. The van der Waals surface area contributed by atoms with Crippen LogP contribution in [-0.4, -0.2) is 42.4 Å². The molecule has 1 aromatic rings. The third-order valence-corrected chi connectivity index (χ3v) is 3.91. The van der Waals surface area contributed by atoms with E-state index in [1.165, 1.54) is 11.1 Å². The van der Waals surface area contributed by atoms with Crippen molar-refractivity contribution in [3.05, 3.63) is 29.3 Å². The summed E-state index contributed by atoms with van der Waals surface area (Å²) in [7, 11) is 2.06. The van der Waals surface area contributed by atoms with Gasteiger partial charge >= 0.3 is 0 Å². The molecule has 3 heteroatoms. The summed E-state index contributed by atoms with van der Waals surface area (Å²) < 4.78 is 5.51. The Kier molecular flexibility index (Phi) is 3.93. The van der Waals surface area contributed by atoms with E-state index in [1.54, 1.807) is 0 Å². The summed E-state index contributed by atoms with van der Waals surface area (Å²) in [5, 5.41) is 9.33. The summed E-state index contributed by atoms with van der Waals surface area (Å²) in [6.07, 6.45) is 2.04. The van der Waals surface area contributed by atoms with Crippen LogP contribution in [0.15, 0.2) is 18.2 Å². The van der Waals surface area contributed by atoms with Gasteiger partial charge in [0.25, 0.3) is 0 Å². The number of likely N-dealkylation sites (N-methyl/N-ethyl adjacent to an activating group) is 1. The Morgan fingerprint density at radius 1 is 1.39 bits per heavy atom. The van der Waals surface area contributed by atoms with E-state index in [0.29, 0.717) is 0 Å². The summed E-state index contributed by atoms with van der Waals surface area (Å²) in [6, 6.07) is 6.47. The molecule has 1 aliphatic heterocycles. The molecule has 0 saturated carbocycles. The summed E-state index contributed by atoms with van der Waals surface area (Å²) in [6.45, 7) is 6.07. The highest BCUT2D eigenvalue weighted by Crippen LogP contribution is 2.26. The molecule has 18 heavy (non-hydrogen) atoms. The van der Waals surface area contributed by atoms with Gasteiger partial charge in [-0.1, -0.05) is 12.1 Å². The maximum Gasteiger partial charge on any atom is 0.122 e. The second-order valence-corrected chi connectivity index (χ2v) is 5.68. The number of aliphatic hydroxyl groups excluding tert-OH is 1. The molecule has 0 unspecified atom stereocenters. The Labute approximate surface area is 109 Å². The number of rotatable bonds is 5. The minimum Gasteiger partial charge on any atom is -0.493 e. The van der Waals surface area contributed by atoms with Gasteiger partial charge < -0.3 is 9.84 Å². The molecule has 0 radical (unpaired) electrons. The van der Waals surface area contributed by atoms with Gasteiger partial charge in [0.1, 0.15) is 5.75 Å². The van der Waals surface area contributed by atoms with Gasteiger partial charge in [0.2, 0.25) is 0 Å². The molecule has 0 amide bonds. The molecule has 0 aliphatic carbocycles. The standard InChI is InChI=1S/C15H23NO2/c1-15(2,11-17)16(3)8-6-12-4-5-14-13(10-12)7-9-18-14/h4-5,10,17H,6-9,11H2,1-3H3. The van der Waals surface area contributed by atoms with Gasteiger partial charge in [0, 0.05) is 18.5 Å². The Bertz CT molecular complexity index is 415. The van der Waals surface area contributed by atoms with E-state index in [9.17, 15) is 5.11 Å². The van der Waals surface area contributed by atoms with Crippen LogP contribution in [0, 0.1) is 0 Å². The van der Waals surface area contributed by atoms with Crippen molar-refractivity contribution in [2.24, 2.45) is 0 Å². The Morgan fingerprint density at radius 3 is 2.89 bits per heavy atom. The normalized spacial score (nSPS) is 14.7. The summed E-state index contributed by atoms with van der Waals surface area (Å²) in [4.78, 5) is 2.21. The topological polar surface area (TPSA) is 32.7 Å². The van der Waals surface area contributed by atoms with Gasteiger partial charge in [-0.2, -0.15) is 0 Å². The van der Waals surface area contributed by atoms with Crippen LogP contribution < -0.4 is 4.74 Å². The molecule has 0 fully saturated rings. The van der Waals surface area contributed by atoms with E-state index in [4.69, 9.17) is 4.74 Å². The number of aliphatic hydroxyl groups is 1. The van der Waals surface area contributed by atoms with Crippen LogP contribution in [0.5, 0.6) is 5.75 Å². The Balaban J connectivity index is 1.94. The lowest BCUT2D eigenvalue weighted by Gasteiger charge is -2.33. The number of benzene rings is 1. The largest absolute Gasteiger partial charge is 0.493 e. The number of hydrogen-bond donors (Lipinski definition) is 1. The van der Waals surface area contributed by atoms with Crippen molar-refractivity contribution in [2.75, 3.05) is 26.8 Å². The third kappa shape index (κ3) is 2.85. The molecule has 0 saturated heterocycles. The SMILES string of the molecule is CN(CCc1ccc2c(c1)CCO2)C(C)(C)CO. The molecule has 1 heterocycles. The van der Waals surface area contributed by atoms with Gasteiger partial charge in [-0.25, -0.2) is 0 Å². The predicted molar refractivity (Wildman–Crippen MR) is 73.1 cm³/mol. The molecule has 2 rings (SSSR count). The predicted octanol–water partition coefficient (Wildman–Crippen LogP) is 1.87. The van der Waals surface area contributed by atoms with Crippen molar-refractivity contribution in [3.8, 4) is 5.75 Å². The average molecular weight is 249 g/mol. The van der Waals surface area contributed by atoms with Crippen molar-refractivity contribution in [1.82, 2.24) is 4.90 Å². The maximum absolute atomic E-state index is 9.33. The number of nitrogens with zero attached hydrogens (tertiary/aromatic N) is 1. The highest BCUT2D eigenvalue weighted by molar-refractivity contribution is 5.39. The molecule has 1 aliphatic rings. The molecular formula is C15H23NO2. The summed E-state index contributed by atoms with van der Waals surface area (Å²) in [5.41, 5.74) is 2.52. The van der Waals surface area contributed by atoms with Gasteiger partial charge in [0.05, 0.1) is 13.2 Å².